The van der Waals surface area contributed by atoms with Gasteiger partial charge in [0.2, 0.25) is 5.91 Å². The summed E-state index contributed by atoms with van der Waals surface area (Å²) in [6, 6.07) is 0.158. The van der Waals surface area contributed by atoms with E-state index >= 15 is 0 Å². The van der Waals surface area contributed by atoms with E-state index in [0.717, 1.165) is 30.6 Å². The Balaban J connectivity index is 1.58. The van der Waals surface area contributed by atoms with Crippen molar-refractivity contribution in [3.05, 3.63) is 0 Å². The van der Waals surface area contributed by atoms with Gasteiger partial charge in [0.25, 0.3) is 0 Å². The van der Waals surface area contributed by atoms with Crippen LogP contribution in [0.25, 0.3) is 0 Å². The van der Waals surface area contributed by atoms with Gasteiger partial charge in [-0.25, -0.2) is 0 Å². The van der Waals surface area contributed by atoms with Gasteiger partial charge < -0.3 is 10.4 Å². The van der Waals surface area contributed by atoms with Crippen molar-refractivity contribution in [2.75, 3.05) is 0 Å². The maximum atomic E-state index is 12.2. The zero-order valence-electron chi connectivity index (χ0n) is 21.2. The Morgan fingerprint density at radius 3 is 2.47 bits per heavy atom. The van der Waals surface area contributed by atoms with Crippen LogP contribution in [0.15, 0.2) is 0 Å². The molecule has 8 unspecified atom stereocenters. The Labute approximate surface area is 195 Å². The van der Waals surface area contributed by atoms with Gasteiger partial charge in [0.1, 0.15) is 0 Å². The molecule has 4 heteroatoms. The van der Waals surface area contributed by atoms with Crippen LogP contribution in [0.5, 0.6) is 0 Å². The molecule has 0 bridgehead atoms. The number of nitrogens with one attached hydrogen (secondary N) is 1. The highest BCUT2D eigenvalue weighted by molar-refractivity contribution is 5.77. The Bertz CT molecular complexity index is 719. The van der Waals surface area contributed by atoms with Crippen LogP contribution in [0.4, 0.5) is 0 Å². The van der Waals surface area contributed by atoms with Crippen LogP contribution in [0.2, 0.25) is 0 Å². The van der Waals surface area contributed by atoms with E-state index < -0.39 is 5.97 Å². The number of piperidine rings is 1. The van der Waals surface area contributed by atoms with E-state index in [9.17, 15) is 14.7 Å². The van der Waals surface area contributed by atoms with Gasteiger partial charge in [-0.2, -0.15) is 0 Å². The summed E-state index contributed by atoms with van der Waals surface area (Å²) in [5, 5.41) is 13.1. The monoisotopic (exact) mass is 445 g/mol. The van der Waals surface area contributed by atoms with Gasteiger partial charge in [-0.3, -0.25) is 9.59 Å². The van der Waals surface area contributed by atoms with Gasteiger partial charge >= 0.3 is 5.97 Å². The van der Waals surface area contributed by atoms with Crippen LogP contribution in [0.1, 0.15) is 105 Å². The lowest BCUT2D eigenvalue weighted by molar-refractivity contribution is -0.154. The van der Waals surface area contributed by atoms with E-state index in [2.05, 4.69) is 39.9 Å². The summed E-state index contributed by atoms with van der Waals surface area (Å²) >= 11 is 0. The number of amides is 1. The molecule has 182 valence electrons. The predicted octanol–water partition coefficient (Wildman–Crippen LogP) is 6.29. The lowest BCUT2D eigenvalue weighted by atomic mass is 9.44. The fourth-order valence-electron chi connectivity index (χ4n) is 9.31. The molecule has 3 aliphatic carbocycles. The zero-order valence-corrected chi connectivity index (χ0v) is 21.2. The second kappa shape index (κ2) is 8.95. The summed E-state index contributed by atoms with van der Waals surface area (Å²) < 4.78 is 0. The van der Waals surface area contributed by atoms with E-state index in [1.165, 1.54) is 44.9 Å². The van der Waals surface area contributed by atoms with Crippen molar-refractivity contribution in [3.63, 3.8) is 0 Å². The molecule has 2 N–H and O–H groups in total. The van der Waals surface area contributed by atoms with Gasteiger partial charge in [-0.05, 0) is 90.8 Å². The molecule has 0 spiro atoms. The number of fused-ring (bicyclic) bond motifs is 5. The van der Waals surface area contributed by atoms with Gasteiger partial charge in [0, 0.05) is 18.9 Å². The summed E-state index contributed by atoms with van der Waals surface area (Å²) in [7, 11) is 0. The number of rotatable bonds is 7. The van der Waals surface area contributed by atoms with Gasteiger partial charge in [0.05, 0.1) is 0 Å². The highest BCUT2D eigenvalue weighted by atomic mass is 16.4. The second-order valence-corrected chi connectivity index (χ2v) is 13.0. The Hall–Kier alpha value is -1.06. The van der Waals surface area contributed by atoms with Crippen LogP contribution in [-0.4, -0.2) is 23.0 Å². The molecule has 1 saturated heterocycles. The Morgan fingerprint density at radius 1 is 1.06 bits per heavy atom. The Kier molecular flexibility index (Phi) is 6.73. The molecule has 0 radical (unpaired) electrons. The first-order valence-electron chi connectivity index (χ1n) is 13.6. The molecule has 0 aromatic rings. The number of carbonyl (C=O) groups is 2. The number of aliphatic carboxylic acids is 1. The fourth-order valence-corrected chi connectivity index (χ4v) is 9.31. The van der Waals surface area contributed by atoms with Crippen molar-refractivity contribution < 1.29 is 14.7 Å². The first kappa shape index (κ1) is 24.1. The maximum Gasteiger partial charge on any atom is 0.303 e. The second-order valence-electron chi connectivity index (χ2n) is 13.0. The molecule has 4 aliphatic rings. The van der Waals surface area contributed by atoms with E-state index in [4.69, 9.17) is 0 Å². The van der Waals surface area contributed by atoms with E-state index in [1.807, 2.05) is 0 Å². The highest BCUT2D eigenvalue weighted by Crippen LogP contribution is 2.68. The Morgan fingerprint density at radius 2 is 1.78 bits per heavy atom. The van der Waals surface area contributed by atoms with E-state index in [0.29, 0.717) is 29.6 Å². The minimum atomic E-state index is -0.664. The smallest absolute Gasteiger partial charge is 0.303 e. The molecule has 3 saturated carbocycles. The third-order valence-corrected chi connectivity index (χ3v) is 10.9. The van der Waals surface area contributed by atoms with Crippen LogP contribution in [-0.2, 0) is 9.59 Å². The van der Waals surface area contributed by atoms with Crippen molar-refractivity contribution in [1.82, 2.24) is 5.32 Å². The van der Waals surface area contributed by atoms with Crippen molar-refractivity contribution in [1.29, 1.82) is 0 Å². The quantitative estimate of drug-likeness (QED) is 0.484. The molecular weight excluding hydrogens is 398 g/mol. The standard InChI is InChI=1S/C28H47NO3/c1-17(2)7-6-8-18(3)20-9-10-21-26-19(16-25(31)32)15-23-28(5,14-12-24(30)29-23)22(26)11-13-27(20,21)4/h17-23,26H,6-16H2,1-5H3,(H,29,30)(H,31,32)/t18?,19?,20?,21?,22?,23?,26?,27?,28-/m1/s1. The van der Waals surface area contributed by atoms with Crippen molar-refractivity contribution in [2.24, 2.45) is 52.3 Å². The minimum absolute atomic E-state index is 0.135. The van der Waals surface area contributed by atoms with Crippen LogP contribution < -0.4 is 5.32 Å². The first-order valence-corrected chi connectivity index (χ1v) is 13.6. The molecule has 4 fully saturated rings. The highest BCUT2D eigenvalue weighted by Gasteiger charge is 2.63. The third kappa shape index (κ3) is 4.13. The molecule has 0 aromatic carbocycles. The molecule has 1 amide bonds. The van der Waals surface area contributed by atoms with Crippen LogP contribution in [0, 0.1) is 52.3 Å². The summed E-state index contributed by atoms with van der Waals surface area (Å²) in [6.45, 7) is 12.1. The summed E-state index contributed by atoms with van der Waals surface area (Å²) in [6.07, 6.45) is 11.8. The van der Waals surface area contributed by atoms with Crippen molar-refractivity contribution >= 4 is 11.9 Å². The predicted molar refractivity (Wildman–Crippen MR) is 128 cm³/mol. The fraction of sp³-hybridized carbons (Fsp3) is 0.929. The molecule has 1 aliphatic heterocycles. The lowest BCUT2D eigenvalue weighted by Gasteiger charge is -2.62. The minimum Gasteiger partial charge on any atom is -0.481 e. The topological polar surface area (TPSA) is 66.4 Å². The number of carbonyl (C=O) groups excluding carboxylic acids is 1. The zero-order chi connectivity index (χ0) is 23.3. The van der Waals surface area contributed by atoms with E-state index in [-0.39, 0.29) is 29.7 Å². The average molecular weight is 446 g/mol. The number of hydrogen-bond acceptors (Lipinski definition) is 2. The summed E-state index contributed by atoms with van der Waals surface area (Å²) in [5.74, 6) is 3.75. The van der Waals surface area contributed by atoms with Crippen molar-refractivity contribution in [2.45, 2.75) is 111 Å². The van der Waals surface area contributed by atoms with Gasteiger partial charge in [-0.1, -0.05) is 53.9 Å². The number of hydrogen-bond donors (Lipinski definition) is 2. The summed E-state index contributed by atoms with van der Waals surface area (Å²) in [5.41, 5.74) is 0.492. The van der Waals surface area contributed by atoms with Crippen LogP contribution in [0.3, 0.4) is 0 Å². The lowest BCUT2D eigenvalue weighted by Crippen LogP contribution is -2.63. The number of carboxylic acid groups (broad SMARTS) is 1. The average Bonchev–Trinajstić information content (AvgIpc) is 3.05. The largest absolute Gasteiger partial charge is 0.481 e. The molecular formula is C28H47NO3. The normalized spacial score (nSPS) is 44.4. The first-order chi connectivity index (χ1) is 15.1. The maximum absolute atomic E-state index is 12.2. The SMILES string of the molecule is CC(C)CCCC(C)C1CCC2C3C(CC(=O)O)CC4NC(=O)CC[C@]4(C)C3CCC12C. The van der Waals surface area contributed by atoms with Gasteiger partial charge in [0.15, 0.2) is 0 Å². The molecule has 1 heterocycles. The number of carboxylic acids is 1. The molecule has 9 atom stereocenters. The van der Waals surface area contributed by atoms with E-state index in [1.54, 1.807) is 0 Å². The van der Waals surface area contributed by atoms with Crippen LogP contribution >= 0.6 is 0 Å². The molecule has 32 heavy (non-hydrogen) atoms. The molecule has 0 aromatic heterocycles. The molecule has 4 nitrogen and oxygen atoms in total. The summed E-state index contributed by atoms with van der Waals surface area (Å²) in [4.78, 5) is 24.1. The van der Waals surface area contributed by atoms with Gasteiger partial charge in [-0.15, -0.1) is 0 Å². The third-order valence-electron chi connectivity index (χ3n) is 10.9. The van der Waals surface area contributed by atoms with Crippen molar-refractivity contribution in [3.8, 4) is 0 Å². The molecule has 4 rings (SSSR count).